The van der Waals surface area contributed by atoms with Gasteiger partial charge in [0.15, 0.2) is 11.6 Å². The molecular weight excluding hydrogens is 257 g/mol. The molecule has 20 heavy (non-hydrogen) atoms. The number of nitrogens with zero attached hydrogens (tertiary/aromatic N) is 1. The Morgan fingerprint density at radius 2 is 2.00 bits per heavy atom. The van der Waals surface area contributed by atoms with E-state index in [0.717, 1.165) is 25.9 Å². The summed E-state index contributed by atoms with van der Waals surface area (Å²) in [5.74, 6) is 0.295. The summed E-state index contributed by atoms with van der Waals surface area (Å²) >= 11 is 0. The zero-order valence-corrected chi connectivity index (χ0v) is 12.4. The summed E-state index contributed by atoms with van der Waals surface area (Å²) in [6.07, 6.45) is 1.94. The molecule has 0 spiro atoms. The molecule has 4 heteroatoms. The van der Waals surface area contributed by atoms with Crippen molar-refractivity contribution in [3.8, 4) is 5.75 Å². The predicted octanol–water partition coefficient (Wildman–Crippen LogP) is 3.49. The van der Waals surface area contributed by atoms with E-state index in [1.165, 1.54) is 12.1 Å². The van der Waals surface area contributed by atoms with E-state index < -0.39 is 5.82 Å². The highest BCUT2D eigenvalue weighted by molar-refractivity contribution is 5.94. The van der Waals surface area contributed by atoms with Crippen molar-refractivity contribution in [3.63, 3.8) is 0 Å². The second kappa shape index (κ2) is 6.25. The van der Waals surface area contributed by atoms with Crippen molar-refractivity contribution in [3.05, 3.63) is 29.6 Å². The molecule has 0 saturated carbocycles. The van der Waals surface area contributed by atoms with Gasteiger partial charge in [0.25, 0.3) is 5.91 Å². The van der Waals surface area contributed by atoms with E-state index >= 15 is 0 Å². The van der Waals surface area contributed by atoms with Gasteiger partial charge in [-0.1, -0.05) is 6.92 Å². The number of carbonyl (C=O) groups excluding carboxylic acids is 1. The van der Waals surface area contributed by atoms with Crippen molar-refractivity contribution in [2.24, 2.45) is 5.92 Å². The van der Waals surface area contributed by atoms with E-state index in [9.17, 15) is 9.18 Å². The zero-order chi connectivity index (χ0) is 14.7. The summed E-state index contributed by atoms with van der Waals surface area (Å²) in [6.45, 7) is 7.39. The lowest BCUT2D eigenvalue weighted by Crippen LogP contribution is -2.37. The quantitative estimate of drug-likeness (QED) is 0.847. The molecule has 0 unspecified atom stereocenters. The molecule has 1 aliphatic heterocycles. The van der Waals surface area contributed by atoms with E-state index in [1.54, 1.807) is 11.0 Å². The highest BCUT2D eigenvalue weighted by atomic mass is 19.1. The SMILES string of the molecule is CC1CCN(C(=O)c2ccc(OC(C)C)c(F)c2)CC1. The molecule has 1 heterocycles. The Morgan fingerprint density at radius 3 is 2.55 bits per heavy atom. The molecule has 1 aromatic rings. The topological polar surface area (TPSA) is 29.5 Å². The monoisotopic (exact) mass is 279 g/mol. The van der Waals surface area contributed by atoms with Crippen LogP contribution in [0.5, 0.6) is 5.75 Å². The molecule has 3 nitrogen and oxygen atoms in total. The third-order valence-corrected chi connectivity index (χ3v) is 3.61. The Hall–Kier alpha value is -1.58. The van der Waals surface area contributed by atoms with Crippen LogP contribution in [0.1, 0.15) is 44.0 Å². The summed E-state index contributed by atoms with van der Waals surface area (Å²) in [4.78, 5) is 14.1. The number of rotatable bonds is 3. The lowest BCUT2D eigenvalue weighted by atomic mass is 9.98. The van der Waals surface area contributed by atoms with Crippen LogP contribution in [-0.2, 0) is 0 Å². The summed E-state index contributed by atoms with van der Waals surface area (Å²) < 4.78 is 19.2. The first kappa shape index (κ1) is 14.8. The van der Waals surface area contributed by atoms with Crippen LogP contribution in [0.2, 0.25) is 0 Å². The lowest BCUT2D eigenvalue weighted by Gasteiger charge is -2.30. The highest BCUT2D eigenvalue weighted by Gasteiger charge is 2.22. The maximum absolute atomic E-state index is 13.9. The minimum Gasteiger partial charge on any atom is -0.488 e. The Kier molecular flexibility index (Phi) is 4.63. The van der Waals surface area contributed by atoms with Gasteiger partial charge in [-0.05, 0) is 50.8 Å². The first-order valence-electron chi connectivity index (χ1n) is 7.23. The average Bonchev–Trinajstić information content (AvgIpc) is 2.41. The first-order chi connectivity index (χ1) is 9.47. The predicted molar refractivity (Wildman–Crippen MR) is 76.5 cm³/mol. The van der Waals surface area contributed by atoms with Crippen LogP contribution in [0, 0.1) is 11.7 Å². The molecule has 0 aromatic heterocycles. The van der Waals surface area contributed by atoms with Gasteiger partial charge in [-0.3, -0.25) is 4.79 Å². The second-order valence-corrected chi connectivity index (χ2v) is 5.79. The Bertz CT molecular complexity index is 479. The Labute approximate surface area is 119 Å². The maximum atomic E-state index is 13.9. The number of ether oxygens (including phenoxy) is 1. The van der Waals surface area contributed by atoms with Gasteiger partial charge in [0, 0.05) is 18.7 Å². The van der Waals surface area contributed by atoms with E-state index in [1.807, 2.05) is 13.8 Å². The number of halogens is 1. The third kappa shape index (κ3) is 3.50. The average molecular weight is 279 g/mol. The summed E-state index contributed by atoms with van der Waals surface area (Å²) in [7, 11) is 0. The molecule has 0 N–H and O–H groups in total. The van der Waals surface area contributed by atoms with Crippen LogP contribution < -0.4 is 4.74 Å². The van der Waals surface area contributed by atoms with E-state index in [2.05, 4.69) is 6.92 Å². The van der Waals surface area contributed by atoms with E-state index in [-0.39, 0.29) is 17.8 Å². The molecule has 0 aliphatic carbocycles. The molecule has 0 radical (unpaired) electrons. The van der Waals surface area contributed by atoms with Crippen LogP contribution in [0.4, 0.5) is 4.39 Å². The Balaban J connectivity index is 2.09. The second-order valence-electron chi connectivity index (χ2n) is 5.79. The van der Waals surface area contributed by atoms with E-state index in [4.69, 9.17) is 4.74 Å². The molecule has 1 aliphatic rings. The number of benzene rings is 1. The number of hydrogen-bond donors (Lipinski definition) is 0. The van der Waals surface area contributed by atoms with Gasteiger partial charge in [0.05, 0.1) is 6.10 Å². The summed E-state index contributed by atoms with van der Waals surface area (Å²) in [5.41, 5.74) is 0.396. The smallest absolute Gasteiger partial charge is 0.253 e. The van der Waals surface area contributed by atoms with Crippen LogP contribution in [-0.4, -0.2) is 30.0 Å². The number of hydrogen-bond acceptors (Lipinski definition) is 2. The van der Waals surface area contributed by atoms with Crippen LogP contribution >= 0.6 is 0 Å². The van der Waals surface area contributed by atoms with Gasteiger partial charge >= 0.3 is 0 Å². The standard InChI is InChI=1S/C16H22FNO2/c1-11(2)20-15-5-4-13(10-14(15)17)16(19)18-8-6-12(3)7-9-18/h4-5,10-12H,6-9H2,1-3H3. The Morgan fingerprint density at radius 1 is 1.35 bits per heavy atom. The van der Waals surface area contributed by atoms with Gasteiger partial charge < -0.3 is 9.64 Å². The van der Waals surface area contributed by atoms with Crippen molar-refractivity contribution < 1.29 is 13.9 Å². The molecule has 1 fully saturated rings. The maximum Gasteiger partial charge on any atom is 0.253 e. The van der Waals surface area contributed by atoms with Crippen molar-refractivity contribution in [2.75, 3.05) is 13.1 Å². The summed E-state index contributed by atoms with van der Waals surface area (Å²) in [6, 6.07) is 4.45. The van der Waals surface area contributed by atoms with Gasteiger partial charge in [0.2, 0.25) is 0 Å². The third-order valence-electron chi connectivity index (χ3n) is 3.61. The van der Waals surface area contributed by atoms with Crippen molar-refractivity contribution in [1.29, 1.82) is 0 Å². The molecule has 1 amide bonds. The minimum absolute atomic E-state index is 0.0883. The normalized spacial score (nSPS) is 16.6. The number of likely N-dealkylation sites (tertiary alicyclic amines) is 1. The van der Waals surface area contributed by atoms with Crippen LogP contribution in [0.3, 0.4) is 0 Å². The molecule has 1 saturated heterocycles. The fourth-order valence-corrected chi connectivity index (χ4v) is 2.38. The van der Waals surface area contributed by atoms with Crippen molar-refractivity contribution in [1.82, 2.24) is 4.90 Å². The van der Waals surface area contributed by atoms with Crippen molar-refractivity contribution >= 4 is 5.91 Å². The molecule has 2 rings (SSSR count). The summed E-state index contributed by atoms with van der Waals surface area (Å²) in [5, 5.41) is 0. The number of amides is 1. The molecule has 0 bridgehead atoms. The molecule has 0 atom stereocenters. The van der Waals surface area contributed by atoms with Crippen LogP contribution in [0.25, 0.3) is 0 Å². The van der Waals surface area contributed by atoms with Gasteiger partial charge in [-0.15, -0.1) is 0 Å². The fraction of sp³-hybridized carbons (Fsp3) is 0.562. The number of carbonyl (C=O) groups is 1. The van der Waals surface area contributed by atoms with Crippen LogP contribution in [0.15, 0.2) is 18.2 Å². The molecule has 1 aromatic carbocycles. The fourth-order valence-electron chi connectivity index (χ4n) is 2.38. The largest absolute Gasteiger partial charge is 0.488 e. The first-order valence-corrected chi connectivity index (χ1v) is 7.23. The minimum atomic E-state index is -0.477. The highest BCUT2D eigenvalue weighted by Crippen LogP contribution is 2.22. The van der Waals surface area contributed by atoms with Gasteiger partial charge in [-0.25, -0.2) is 4.39 Å². The molecular formula is C16H22FNO2. The zero-order valence-electron chi connectivity index (χ0n) is 12.4. The number of piperidine rings is 1. The van der Waals surface area contributed by atoms with Crippen molar-refractivity contribution in [2.45, 2.75) is 39.7 Å². The molecule has 110 valence electrons. The lowest BCUT2D eigenvalue weighted by molar-refractivity contribution is 0.0696. The van der Waals surface area contributed by atoms with Gasteiger partial charge in [0.1, 0.15) is 0 Å². The van der Waals surface area contributed by atoms with Gasteiger partial charge in [-0.2, -0.15) is 0 Å². The van der Waals surface area contributed by atoms with E-state index in [0.29, 0.717) is 11.5 Å².